The first-order valence-electron chi connectivity index (χ1n) is 4.45. The fraction of sp³-hybridized carbons (Fsp3) is 0.0909. The van der Waals surface area contributed by atoms with E-state index in [2.05, 4.69) is 0 Å². The molecule has 0 amide bonds. The van der Waals surface area contributed by atoms with Gasteiger partial charge in [0, 0.05) is 0 Å². The van der Waals surface area contributed by atoms with Crippen molar-refractivity contribution >= 4 is 0 Å². The Morgan fingerprint density at radius 1 is 1.12 bits per heavy atom. The summed E-state index contributed by atoms with van der Waals surface area (Å²) in [7, 11) is 0. The van der Waals surface area contributed by atoms with Crippen LogP contribution in [-0.4, -0.2) is 5.11 Å². The van der Waals surface area contributed by atoms with Crippen LogP contribution in [0.25, 0.3) is 0 Å². The maximum absolute atomic E-state index is 12.9. The van der Waals surface area contributed by atoms with E-state index in [9.17, 15) is 18.3 Å². The number of hydrogen-bond donors (Lipinski definition) is 1. The molecule has 2 rings (SSSR count). The second-order valence-electron chi connectivity index (χ2n) is 3.22. The quantitative estimate of drug-likeness (QED) is 0.802. The summed E-state index contributed by atoms with van der Waals surface area (Å²) in [6.07, 6.45) is -0.00554. The average molecular weight is 228 g/mol. The standard InChI is InChI=1S/C11H7F3O2/c12-7-4-6(5-8(13)10(7)14)11(15)9-2-1-3-16-9/h1-5,11,15H. The molecule has 0 aliphatic heterocycles. The molecule has 0 aliphatic carbocycles. The molecule has 1 heterocycles. The summed E-state index contributed by atoms with van der Waals surface area (Å²) in [4.78, 5) is 0. The lowest BCUT2D eigenvalue weighted by molar-refractivity contribution is 0.188. The molecule has 0 radical (unpaired) electrons. The van der Waals surface area contributed by atoms with E-state index < -0.39 is 23.6 Å². The van der Waals surface area contributed by atoms with Crippen LogP contribution >= 0.6 is 0 Å². The van der Waals surface area contributed by atoms with Crippen LogP contribution in [0.5, 0.6) is 0 Å². The predicted molar refractivity (Wildman–Crippen MR) is 49.1 cm³/mol. The molecular weight excluding hydrogens is 221 g/mol. The highest BCUT2D eigenvalue weighted by Crippen LogP contribution is 2.25. The highest BCUT2D eigenvalue weighted by molar-refractivity contribution is 5.26. The minimum Gasteiger partial charge on any atom is -0.466 e. The Morgan fingerprint density at radius 3 is 2.25 bits per heavy atom. The molecule has 0 saturated heterocycles. The monoisotopic (exact) mass is 228 g/mol. The van der Waals surface area contributed by atoms with Gasteiger partial charge in [-0.2, -0.15) is 0 Å². The zero-order valence-electron chi connectivity index (χ0n) is 7.95. The summed E-state index contributed by atoms with van der Waals surface area (Å²) in [5.41, 5.74) is -0.105. The minimum absolute atomic E-state index is 0.105. The van der Waals surface area contributed by atoms with Crippen LogP contribution in [-0.2, 0) is 0 Å². The van der Waals surface area contributed by atoms with E-state index in [0.717, 1.165) is 12.1 Å². The normalized spacial score (nSPS) is 12.8. The van der Waals surface area contributed by atoms with Crippen molar-refractivity contribution in [3.05, 3.63) is 59.3 Å². The summed E-state index contributed by atoms with van der Waals surface area (Å²) in [5, 5.41) is 9.67. The predicted octanol–water partition coefficient (Wildman–Crippen LogP) is 2.78. The van der Waals surface area contributed by atoms with E-state index in [1.165, 1.54) is 18.4 Å². The fourth-order valence-corrected chi connectivity index (χ4v) is 1.34. The summed E-state index contributed by atoms with van der Waals surface area (Å²) < 4.78 is 43.3. The lowest BCUT2D eigenvalue weighted by atomic mass is 10.1. The molecule has 5 heteroatoms. The molecule has 1 atom stereocenters. The highest BCUT2D eigenvalue weighted by Gasteiger charge is 2.18. The highest BCUT2D eigenvalue weighted by atomic mass is 19.2. The Balaban J connectivity index is 2.42. The van der Waals surface area contributed by atoms with Gasteiger partial charge in [0.25, 0.3) is 0 Å². The van der Waals surface area contributed by atoms with Crippen LogP contribution in [0.2, 0.25) is 0 Å². The first-order valence-corrected chi connectivity index (χ1v) is 4.45. The van der Waals surface area contributed by atoms with Crippen molar-refractivity contribution in [2.45, 2.75) is 6.10 Å². The van der Waals surface area contributed by atoms with Gasteiger partial charge in [0.05, 0.1) is 6.26 Å². The van der Waals surface area contributed by atoms with Gasteiger partial charge in [-0.15, -0.1) is 0 Å². The van der Waals surface area contributed by atoms with E-state index in [4.69, 9.17) is 4.42 Å². The van der Waals surface area contributed by atoms with Crippen molar-refractivity contribution < 1.29 is 22.7 Å². The molecule has 0 spiro atoms. The Kier molecular flexibility index (Phi) is 2.70. The molecule has 1 unspecified atom stereocenters. The number of aliphatic hydroxyl groups is 1. The third-order valence-electron chi connectivity index (χ3n) is 2.13. The average Bonchev–Trinajstić information content (AvgIpc) is 2.77. The molecule has 0 saturated carbocycles. The molecule has 1 aromatic heterocycles. The Labute approximate surface area is 88.9 Å². The second kappa shape index (κ2) is 4.02. The number of halogens is 3. The summed E-state index contributed by atoms with van der Waals surface area (Å²) >= 11 is 0. The summed E-state index contributed by atoms with van der Waals surface area (Å²) in [6, 6.07) is 4.43. The summed E-state index contributed by atoms with van der Waals surface area (Å²) in [5.74, 6) is -4.12. The smallest absolute Gasteiger partial charge is 0.194 e. The number of hydrogen-bond acceptors (Lipinski definition) is 2. The van der Waals surface area contributed by atoms with Gasteiger partial charge in [0.1, 0.15) is 11.9 Å². The van der Waals surface area contributed by atoms with E-state index >= 15 is 0 Å². The number of aliphatic hydroxyl groups excluding tert-OH is 1. The molecular formula is C11H7F3O2. The van der Waals surface area contributed by atoms with Crippen molar-refractivity contribution in [2.24, 2.45) is 0 Å². The van der Waals surface area contributed by atoms with Gasteiger partial charge in [-0.05, 0) is 29.8 Å². The third kappa shape index (κ3) is 1.81. The first-order chi connectivity index (χ1) is 7.59. The Morgan fingerprint density at radius 2 is 1.75 bits per heavy atom. The molecule has 2 aromatic rings. The SMILES string of the molecule is OC(c1cc(F)c(F)c(F)c1)c1ccco1. The molecule has 2 nitrogen and oxygen atoms in total. The van der Waals surface area contributed by atoms with Gasteiger partial charge in [0.2, 0.25) is 0 Å². The molecule has 84 valence electrons. The molecule has 0 bridgehead atoms. The molecule has 1 aromatic carbocycles. The number of rotatable bonds is 2. The van der Waals surface area contributed by atoms with Crippen molar-refractivity contribution in [1.82, 2.24) is 0 Å². The zero-order valence-corrected chi connectivity index (χ0v) is 7.95. The first kappa shape index (κ1) is 10.8. The lowest BCUT2D eigenvalue weighted by Gasteiger charge is -2.08. The molecule has 1 N–H and O–H groups in total. The van der Waals surface area contributed by atoms with E-state index in [0.29, 0.717) is 0 Å². The van der Waals surface area contributed by atoms with Crippen LogP contribution < -0.4 is 0 Å². The van der Waals surface area contributed by atoms with E-state index in [-0.39, 0.29) is 11.3 Å². The number of benzene rings is 1. The van der Waals surface area contributed by atoms with Crippen LogP contribution in [0.15, 0.2) is 34.9 Å². The molecule has 16 heavy (non-hydrogen) atoms. The fourth-order valence-electron chi connectivity index (χ4n) is 1.34. The van der Waals surface area contributed by atoms with E-state index in [1.807, 2.05) is 0 Å². The maximum Gasteiger partial charge on any atom is 0.194 e. The van der Waals surface area contributed by atoms with Gasteiger partial charge < -0.3 is 9.52 Å². The third-order valence-corrected chi connectivity index (χ3v) is 2.13. The van der Waals surface area contributed by atoms with Crippen molar-refractivity contribution in [3.63, 3.8) is 0 Å². The Bertz CT molecular complexity index is 471. The van der Waals surface area contributed by atoms with Gasteiger partial charge in [-0.3, -0.25) is 0 Å². The summed E-state index contributed by atoms with van der Waals surface area (Å²) in [6.45, 7) is 0. The minimum atomic E-state index is -1.56. The van der Waals surface area contributed by atoms with Gasteiger partial charge in [-0.25, -0.2) is 13.2 Å². The Hall–Kier alpha value is -1.75. The van der Waals surface area contributed by atoms with Crippen LogP contribution in [0.4, 0.5) is 13.2 Å². The number of furan rings is 1. The van der Waals surface area contributed by atoms with Gasteiger partial charge >= 0.3 is 0 Å². The topological polar surface area (TPSA) is 33.4 Å². The van der Waals surface area contributed by atoms with Crippen molar-refractivity contribution in [1.29, 1.82) is 0 Å². The molecule has 0 fully saturated rings. The lowest BCUT2D eigenvalue weighted by Crippen LogP contribution is -2.02. The zero-order chi connectivity index (χ0) is 11.7. The van der Waals surface area contributed by atoms with Gasteiger partial charge in [0.15, 0.2) is 17.5 Å². The van der Waals surface area contributed by atoms with Crippen LogP contribution in [0.1, 0.15) is 17.4 Å². The van der Waals surface area contributed by atoms with Crippen molar-refractivity contribution in [3.8, 4) is 0 Å². The van der Waals surface area contributed by atoms with Crippen LogP contribution in [0.3, 0.4) is 0 Å². The van der Waals surface area contributed by atoms with E-state index in [1.54, 1.807) is 0 Å². The van der Waals surface area contributed by atoms with Crippen molar-refractivity contribution in [2.75, 3.05) is 0 Å². The largest absolute Gasteiger partial charge is 0.466 e. The second-order valence-corrected chi connectivity index (χ2v) is 3.22. The maximum atomic E-state index is 12.9. The van der Waals surface area contributed by atoms with Gasteiger partial charge in [-0.1, -0.05) is 0 Å². The molecule has 0 aliphatic rings. The van der Waals surface area contributed by atoms with Crippen LogP contribution in [0, 0.1) is 17.5 Å².